The fourth-order valence-electron chi connectivity index (χ4n) is 3.93. The second-order valence-corrected chi connectivity index (χ2v) is 7.82. The van der Waals surface area contributed by atoms with Crippen LogP contribution in [0.15, 0.2) is 73.3 Å². The van der Waals surface area contributed by atoms with Crippen molar-refractivity contribution in [3.05, 3.63) is 95.6 Å². The Kier molecular flexibility index (Phi) is 5.34. The molecule has 2 heterocycles. The van der Waals surface area contributed by atoms with Gasteiger partial charge in [-0.3, -0.25) is 4.79 Å². The Hall–Kier alpha value is -4.06. The highest BCUT2D eigenvalue weighted by atomic mass is 16.5. The predicted octanol–water partition coefficient (Wildman–Crippen LogP) is 5.38. The SMILES string of the molecule is Cc1ccc(C(=O)Nc2ccc3c(c2)CCC3)cc1Oc1ncccc1-c1ccncn1. The lowest BCUT2D eigenvalue weighted by Crippen LogP contribution is -2.12. The molecule has 1 aliphatic rings. The number of hydrogen-bond donors (Lipinski definition) is 1. The predicted molar refractivity (Wildman–Crippen MR) is 123 cm³/mol. The summed E-state index contributed by atoms with van der Waals surface area (Å²) in [6, 6.07) is 17.1. The van der Waals surface area contributed by atoms with E-state index in [9.17, 15) is 4.79 Å². The van der Waals surface area contributed by atoms with Gasteiger partial charge in [-0.05, 0) is 85.3 Å². The second-order valence-electron chi connectivity index (χ2n) is 7.82. The first kappa shape index (κ1) is 19.9. The molecule has 158 valence electrons. The molecule has 0 unspecified atom stereocenters. The van der Waals surface area contributed by atoms with E-state index in [1.165, 1.54) is 23.9 Å². The molecule has 6 nitrogen and oxygen atoms in total. The number of aryl methyl sites for hydroxylation is 3. The minimum Gasteiger partial charge on any atom is -0.438 e. The fourth-order valence-corrected chi connectivity index (χ4v) is 3.93. The minimum absolute atomic E-state index is 0.176. The van der Waals surface area contributed by atoms with Crippen LogP contribution in [0.3, 0.4) is 0 Å². The monoisotopic (exact) mass is 422 g/mol. The van der Waals surface area contributed by atoms with E-state index in [0.717, 1.165) is 29.7 Å². The highest BCUT2D eigenvalue weighted by molar-refractivity contribution is 6.04. The number of nitrogens with one attached hydrogen (secondary N) is 1. The molecular weight excluding hydrogens is 400 g/mol. The molecule has 4 aromatic rings. The summed E-state index contributed by atoms with van der Waals surface area (Å²) < 4.78 is 6.14. The molecule has 0 fully saturated rings. The van der Waals surface area contributed by atoms with E-state index in [1.54, 1.807) is 30.6 Å². The molecule has 0 bridgehead atoms. The van der Waals surface area contributed by atoms with Crippen LogP contribution in [-0.2, 0) is 12.8 Å². The average Bonchev–Trinajstić information content (AvgIpc) is 3.29. The number of amides is 1. The van der Waals surface area contributed by atoms with Crippen LogP contribution in [-0.4, -0.2) is 20.9 Å². The first-order chi connectivity index (χ1) is 15.7. The third-order valence-electron chi connectivity index (χ3n) is 5.64. The Bertz CT molecular complexity index is 1290. The zero-order valence-corrected chi connectivity index (χ0v) is 17.7. The number of aromatic nitrogens is 3. The van der Waals surface area contributed by atoms with Gasteiger partial charge in [-0.2, -0.15) is 0 Å². The van der Waals surface area contributed by atoms with Crippen molar-refractivity contribution in [3.8, 4) is 22.9 Å². The van der Waals surface area contributed by atoms with Gasteiger partial charge in [0.2, 0.25) is 5.88 Å². The van der Waals surface area contributed by atoms with E-state index in [1.807, 2.05) is 31.2 Å². The van der Waals surface area contributed by atoms with E-state index in [4.69, 9.17) is 4.74 Å². The Morgan fingerprint density at radius 3 is 2.75 bits per heavy atom. The summed E-state index contributed by atoms with van der Waals surface area (Å²) in [5.74, 6) is 0.816. The normalized spacial score (nSPS) is 12.3. The lowest BCUT2D eigenvalue weighted by molar-refractivity contribution is 0.102. The van der Waals surface area contributed by atoms with Crippen molar-refractivity contribution in [3.63, 3.8) is 0 Å². The number of benzene rings is 2. The van der Waals surface area contributed by atoms with Gasteiger partial charge < -0.3 is 10.1 Å². The lowest BCUT2D eigenvalue weighted by atomic mass is 10.1. The third kappa shape index (κ3) is 4.07. The number of hydrogen-bond acceptors (Lipinski definition) is 5. The number of nitrogens with zero attached hydrogens (tertiary/aromatic N) is 3. The van der Waals surface area contributed by atoms with Gasteiger partial charge >= 0.3 is 0 Å². The number of anilines is 1. The van der Waals surface area contributed by atoms with Gasteiger partial charge in [-0.1, -0.05) is 12.1 Å². The molecule has 0 aliphatic heterocycles. The van der Waals surface area contributed by atoms with Gasteiger partial charge in [-0.15, -0.1) is 0 Å². The molecule has 2 aromatic heterocycles. The minimum atomic E-state index is -0.176. The zero-order chi connectivity index (χ0) is 21.9. The number of pyridine rings is 1. The smallest absolute Gasteiger partial charge is 0.255 e. The van der Waals surface area contributed by atoms with E-state index in [0.29, 0.717) is 22.9 Å². The molecule has 1 amide bonds. The lowest BCUT2D eigenvalue weighted by Gasteiger charge is -2.13. The largest absolute Gasteiger partial charge is 0.438 e. The Morgan fingerprint density at radius 1 is 0.969 bits per heavy atom. The van der Waals surface area contributed by atoms with Crippen LogP contribution < -0.4 is 10.1 Å². The van der Waals surface area contributed by atoms with E-state index < -0.39 is 0 Å². The summed E-state index contributed by atoms with van der Waals surface area (Å²) >= 11 is 0. The Labute approximate surface area is 186 Å². The number of carbonyl (C=O) groups is 1. The van der Waals surface area contributed by atoms with E-state index in [-0.39, 0.29) is 5.91 Å². The number of carbonyl (C=O) groups excluding carboxylic acids is 1. The summed E-state index contributed by atoms with van der Waals surface area (Å²) in [7, 11) is 0. The molecule has 1 aliphatic carbocycles. The summed E-state index contributed by atoms with van der Waals surface area (Å²) in [4.78, 5) is 25.6. The molecule has 0 radical (unpaired) electrons. The Morgan fingerprint density at radius 2 is 1.88 bits per heavy atom. The van der Waals surface area contributed by atoms with Gasteiger partial charge in [0.1, 0.15) is 12.1 Å². The molecule has 0 spiro atoms. The molecule has 1 N–H and O–H groups in total. The van der Waals surface area contributed by atoms with Crippen molar-refractivity contribution in [2.45, 2.75) is 26.2 Å². The second kappa shape index (κ2) is 8.59. The molecule has 32 heavy (non-hydrogen) atoms. The fraction of sp³-hybridized carbons (Fsp3) is 0.154. The van der Waals surface area contributed by atoms with Crippen LogP contribution in [0.2, 0.25) is 0 Å². The van der Waals surface area contributed by atoms with Gasteiger partial charge in [0.25, 0.3) is 5.91 Å². The summed E-state index contributed by atoms with van der Waals surface area (Å²) in [5.41, 5.74) is 6.40. The van der Waals surface area contributed by atoms with Gasteiger partial charge in [-0.25, -0.2) is 15.0 Å². The molecular formula is C26H22N4O2. The molecule has 0 saturated heterocycles. The number of ether oxygens (including phenoxy) is 1. The number of rotatable bonds is 5. The third-order valence-corrected chi connectivity index (χ3v) is 5.64. The quantitative estimate of drug-likeness (QED) is 0.467. The van der Waals surface area contributed by atoms with E-state index >= 15 is 0 Å². The van der Waals surface area contributed by atoms with Crippen molar-refractivity contribution in [2.24, 2.45) is 0 Å². The molecule has 2 aromatic carbocycles. The highest BCUT2D eigenvalue weighted by Gasteiger charge is 2.15. The van der Waals surface area contributed by atoms with Crippen molar-refractivity contribution in [1.29, 1.82) is 0 Å². The van der Waals surface area contributed by atoms with Crippen LogP contribution in [0.4, 0.5) is 5.69 Å². The highest BCUT2D eigenvalue weighted by Crippen LogP contribution is 2.32. The average molecular weight is 422 g/mol. The topological polar surface area (TPSA) is 77.0 Å². The van der Waals surface area contributed by atoms with Crippen molar-refractivity contribution in [2.75, 3.05) is 5.32 Å². The first-order valence-electron chi connectivity index (χ1n) is 10.6. The van der Waals surface area contributed by atoms with Crippen LogP contribution in [0, 0.1) is 6.92 Å². The van der Waals surface area contributed by atoms with Crippen LogP contribution >= 0.6 is 0 Å². The van der Waals surface area contributed by atoms with Crippen LogP contribution in [0.25, 0.3) is 11.3 Å². The Balaban J connectivity index is 1.40. The van der Waals surface area contributed by atoms with Crippen molar-refractivity contribution in [1.82, 2.24) is 15.0 Å². The molecule has 0 atom stereocenters. The summed E-state index contributed by atoms with van der Waals surface area (Å²) in [6.07, 6.45) is 8.19. The maximum Gasteiger partial charge on any atom is 0.255 e. The van der Waals surface area contributed by atoms with Crippen molar-refractivity contribution >= 4 is 11.6 Å². The van der Waals surface area contributed by atoms with Gasteiger partial charge in [0.05, 0.1) is 11.3 Å². The summed E-state index contributed by atoms with van der Waals surface area (Å²) in [6.45, 7) is 1.94. The van der Waals surface area contributed by atoms with Gasteiger partial charge in [0, 0.05) is 23.6 Å². The number of fused-ring (bicyclic) bond motifs is 1. The van der Waals surface area contributed by atoms with Crippen LogP contribution in [0.5, 0.6) is 11.6 Å². The maximum atomic E-state index is 12.9. The molecule has 0 saturated carbocycles. The molecule has 6 heteroatoms. The molecule has 5 rings (SSSR count). The standard InChI is InChI=1S/C26H22N4O2/c1-17-7-8-20(25(31)30-21-10-9-18-4-2-5-19(18)14-21)15-24(17)32-26-22(6-3-12-28-26)23-11-13-27-16-29-23/h3,6-16H,2,4-5H2,1H3,(H,30,31). The van der Waals surface area contributed by atoms with Gasteiger partial charge in [0.15, 0.2) is 0 Å². The zero-order valence-electron chi connectivity index (χ0n) is 17.7. The summed E-state index contributed by atoms with van der Waals surface area (Å²) in [5, 5.41) is 3.01. The van der Waals surface area contributed by atoms with E-state index in [2.05, 4.69) is 32.4 Å². The van der Waals surface area contributed by atoms with Crippen molar-refractivity contribution < 1.29 is 9.53 Å². The first-order valence-corrected chi connectivity index (χ1v) is 10.6. The maximum absolute atomic E-state index is 12.9. The van der Waals surface area contributed by atoms with Crippen LogP contribution in [0.1, 0.15) is 33.5 Å².